The topological polar surface area (TPSA) is 61.4 Å². The van der Waals surface area contributed by atoms with Gasteiger partial charge < -0.3 is 15.5 Å². The van der Waals surface area contributed by atoms with Gasteiger partial charge in [-0.3, -0.25) is 4.79 Å². The molecule has 1 atom stereocenters. The van der Waals surface area contributed by atoms with Crippen molar-refractivity contribution in [1.82, 2.24) is 15.5 Å². The molecule has 3 amide bonds. The number of amides is 3. The Morgan fingerprint density at radius 1 is 1.22 bits per heavy atom. The van der Waals surface area contributed by atoms with Crippen molar-refractivity contribution in [3.05, 3.63) is 0 Å². The third kappa shape index (κ3) is 2.90. The van der Waals surface area contributed by atoms with Gasteiger partial charge in [0, 0.05) is 25.9 Å². The van der Waals surface area contributed by atoms with Gasteiger partial charge in [-0.15, -0.1) is 0 Å². The Morgan fingerprint density at radius 2 is 1.91 bits per heavy atom. The lowest BCUT2D eigenvalue weighted by molar-refractivity contribution is -0.125. The number of rotatable bonds is 2. The Labute approximate surface area is 134 Å². The molecule has 128 valence electrons. The van der Waals surface area contributed by atoms with Gasteiger partial charge in [0.15, 0.2) is 0 Å². The summed E-state index contributed by atoms with van der Waals surface area (Å²) in [7, 11) is 0. The SMILES string of the molecule is O=C1CN(C(=O)NCC2CC23CCC(F)(F)CC3)CC2(CC2)N1. The van der Waals surface area contributed by atoms with Crippen LogP contribution in [0.5, 0.6) is 0 Å². The van der Waals surface area contributed by atoms with Crippen LogP contribution in [-0.4, -0.2) is 47.9 Å². The summed E-state index contributed by atoms with van der Waals surface area (Å²) in [6.45, 7) is 1.22. The van der Waals surface area contributed by atoms with Gasteiger partial charge in [0.1, 0.15) is 6.54 Å². The van der Waals surface area contributed by atoms with Crippen molar-refractivity contribution >= 4 is 11.9 Å². The molecule has 4 fully saturated rings. The average Bonchev–Trinajstić information content (AvgIpc) is 3.38. The number of carbonyl (C=O) groups excluding carboxylic acids is 2. The van der Waals surface area contributed by atoms with E-state index in [-0.39, 0.29) is 42.3 Å². The highest BCUT2D eigenvalue weighted by molar-refractivity contribution is 5.86. The van der Waals surface area contributed by atoms with Crippen LogP contribution in [0.15, 0.2) is 0 Å². The number of urea groups is 1. The summed E-state index contributed by atoms with van der Waals surface area (Å²) >= 11 is 0. The van der Waals surface area contributed by atoms with Crippen LogP contribution in [0.1, 0.15) is 44.9 Å². The van der Waals surface area contributed by atoms with Crippen molar-refractivity contribution in [3.8, 4) is 0 Å². The van der Waals surface area contributed by atoms with Gasteiger partial charge in [-0.25, -0.2) is 13.6 Å². The van der Waals surface area contributed by atoms with Crippen molar-refractivity contribution in [1.29, 1.82) is 0 Å². The van der Waals surface area contributed by atoms with Gasteiger partial charge in [-0.1, -0.05) is 0 Å². The summed E-state index contributed by atoms with van der Waals surface area (Å²) in [6.07, 6.45) is 3.89. The van der Waals surface area contributed by atoms with E-state index in [2.05, 4.69) is 10.6 Å². The molecule has 1 saturated heterocycles. The molecule has 4 rings (SSSR count). The standard InChI is InChI=1S/C16H23F2N3O2/c17-16(18)5-1-14(2-6-16)7-11(14)8-19-13(23)21-9-12(22)20-15(10-21)3-4-15/h11H,1-10H2,(H,19,23)(H,20,22). The van der Waals surface area contributed by atoms with Gasteiger partial charge in [0.05, 0.1) is 5.54 Å². The second-order valence-corrected chi connectivity index (χ2v) is 7.99. The molecule has 5 nitrogen and oxygen atoms in total. The van der Waals surface area contributed by atoms with Crippen molar-refractivity contribution in [2.24, 2.45) is 11.3 Å². The number of nitrogens with one attached hydrogen (secondary N) is 2. The highest BCUT2D eigenvalue weighted by Gasteiger charge is 2.57. The minimum Gasteiger partial charge on any atom is -0.347 e. The summed E-state index contributed by atoms with van der Waals surface area (Å²) in [4.78, 5) is 25.5. The second kappa shape index (κ2) is 4.80. The molecule has 0 aromatic rings. The predicted molar refractivity (Wildman–Crippen MR) is 79.0 cm³/mol. The lowest BCUT2D eigenvalue weighted by Gasteiger charge is -2.33. The van der Waals surface area contributed by atoms with Crippen LogP contribution in [0, 0.1) is 11.3 Å². The van der Waals surface area contributed by atoms with Crippen molar-refractivity contribution in [2.45, 2.75) is 56.4 Å². The fourth-order valence-electron chi connectivity index (χ4n) is 4.32. The van der Waals surface area contributed by atoms with Crippen molar-refractivity contribution in [3.63, 3.8) is 0 Å². The van der Waals surface area contributed by atoms with E-state index in [0.717, 1.165) is 19.3 Å². The van der Waals surface area contributed by atoms with Gasteiger partial charge in [-0.05, 0) is 43.4 Å². The normalized spacial score (nSPS) is 32.5. The Morgan fingerprint density at radius 3 is 2.57 bits per heavy atom. The number of carbonyl (C=O) groups is 2. The second-order valence-electron chi connectivity index (χ2n) is 7.99. The number of halogens is 2. The van der Waals surface area contributed by atoms with E-state index >= 15 is 0 Å². The monoisotopic (exact) mass is 327 g/mol. The van der Waals surface area contributed by atoms with E-state index in [4.69, 9.17) is 0 Å². The van der Waals surface area contributed by atoms with Crippen LogP contribution in [0.4, 0.5) is 13.6 Å². The van der Waals surface area contributed by atoms with E-state index < -0.39 is 5.92 Å². The third-order valence-electron chi connectivity index (χ3n) is 6.21. The number of hydrogen-bond donors (Lipinski definition) is 2. The molecule has 7 heteroatoms. The summed E-state index contributed by atoms with van der Waals surface area (Å²) in [5, 5.41) is 5.86. The molecular weight excluding hydrogens is 304 g/mol. The summed E-state index contributed by atoms with van der Waals surface area (Å²) in [6, 6.07) is -0.200. The average molecular weight is 327 g/mol. The molecule has 0 radical (unpaired) electrons. The molecule has 23 heavy (non-hydrogen) atoms. The van der Waals surface area contributed by atoms with Crippen molar-refractivity contribution < 1.29 is 18.4 Å². The van der Waals surface area contributed by atoms with Crippen LogP contribution in [0.25, 0.3) is 0 Å². The van der Waals surface area contributed by atoms with Crippen LogP contribution in [0.2, 0.25) is 0 Å². The first-order valence-electron chi connectivity index (χ1n) is 8.53. The minimum atomic E-state index is -2.50. The van der Waals surface area contributed by atoms with Gasteiger partial charge in [0.25, 0.3) is 0 Å². The van der Waals surface area contributed by atoms with Gasteiger partial charge in [-0.2, -0.15) is 0 Å². The molecule has 3 aliphatic carbocycles. The van der Waals surface area contributed by atoms with E-state index in [1.165, 1.54) is 0 Å². The highest BCUT2D eigenvalue weighted by atomic mass is 19.3. The molecule has 1 heterocycles. The maximum atomic E-state index is 13.3. The van der Waals surface area contributed by atoms with Crippen LogP contribution in [-0.2, 0) is 4.79 Å². The Bertz CT molecular complexity index is 537. The number of nitrogens with zero attached hydrogens (tertiary/aromatic N) is 1. The van der Waals surface area contributed by atoms with E-state index in [0.29, 0.717) is 31.8 Å². The van der Waals surface area contributed by atoms with Crippen LogP contribution in [0.3, 0.4) is 0 Å². The summed E-state index contributed by atoms with van der Waals surface area (Å²) < 4.78 is 26.5. The number of hydrogen-bond acceptors (Lipinski definition) is 2. The fourth-order valence-corrected chi connectivity index (χ4v) is 4.32. The molecule has 1 unspecified atom stereocenters. The van der Waals surface area contributed by atoms with Crippen LogP contribution < -0.4 is 10.6 Å². The maximum absolute atomic E-state index is 13.3. The van der Waals surface area contributed by atoms with Crippen LogP contribution >= 0.6 is 0 Å². The predicted octanol–water partition coefficient (Wildman–Crippen LogP) is 1.88. The van der Waals surface area contributed by atoms with E-state index in [9.17, 15) is 18.4 Å². The molecule has 0 bridgehead atoms. The quantitative estimate of drug-likeness (QED) is 0.813. The van der Waals surface area contributed by atoms with E-state index in [1.807, 2.05) is 0 Å². The zero-order valence-corrected chi connectivity index (χ0v) is 13.2. The van der Waals surface area contributed by atoms with E-state index in [1.54, 1.807) is 4.90 Å². The first-order valence-corrected chi connectivity index (χ1v) is 8.53. The Kier molecular flexibility index (Phi) is 3.16. The zero-order valence-electron chi connectivity index (χ0n) is 13.2. The Hall–Kier alpha value is -1.40. The first-order chi connectivity index (χ1) is 10.8. The molecule has 0 aromatic carbocycles. The summed E-state index contributed by atoms with van der Waals surface area (Å²) in [5.74, 6) is -2.28. The van der Waals surface area contributed by atoms with Gasteiger partial charge >= 0.3 is 6.03 Å². The Balaban J connectivity index is 1.26. The molecule has 2 N–H and O–H groups in total. The maximum Gasteiger partial charge on any atom is 0.317 e. The molecule has 1 aliphatic heterocycles. The smallest absolute Gasteiger partial charge is 0.317 e. The molecule has 0 aromatic heterocycles. The molecule has 4 aliphatic rings. The van der Waals surface area contributed by atoms with Gasteiger partial charge in [0.2, 0.25) is 11.8 Å². The first kappa shape index (κ1) is 15.1. The summed E-state index contributed by atoms with van der Waals surface area (Å²) in [5.41, 5.74) is -0.144. The third-order valence-corrected chi connectivity index (χ3v) is 6.21. The molecular formula is C16H23F2N3O2. The lowest BCUT2D eigenvalue weighted by Crippen LogP contribution is -2.59. The number of piperazine rings is 1. The van der Waals surface area contributed by atoms with Crippen molar-refractivity contribution in [2.75, 3.05) is 19.6 Å². The highest BCUT2D eigenvalue weighted by Crippen LogP contribution is 2.63. The zero-order chi connectivity index (χ0) is 16.3. The largest absolute Gasteiger partial charge is 0.347 e. The minimum absolute atomic E-state index is 0.0216. The fraction of sp³-hybridized carbons (Fsp3) is 0.875. The molecule has 2 spiro atoms. The number of alkyl halides is 2. The lowest BCUT2D eigenvalue weighted by atomic mass is 9.82. The molecule has 3 saturated carbocycles.